The van der Waals surface area contributed by atoms with Crippen molar-refractivity contribution in [3.8, 4) is 5.75 Å². The highest BCUT2D eigenvalue weighted by molar-refractivity contribution is 7.87. The first kappa shape index (κ1) is 29.5. The van der Waals surface area contributed by atoms with E-state index >= 15 is 0 Å². The van der Waals surface area contributed by atoms with Crippen LogP contribution < -0.4 is 4.18 Å². The molecule has 3 amide bonds. The van der Waals surface area contributed by atoms with Gasteiger partial charge in [-0.1, -0.05) is 29.8 Å². The Hall–Kier alpha value is -5.17. The van der Waals surface area contributed by atoms with Crippen LogP contribution in [-0.4, -0.2) is 53.4 Å². The number of carbonyl (C=O) groups excluding carboxylic acids is 4. The predicted octanol–water partition coefficient (Wildman–Crippen LogP) is 3.96. The van der Waals surface area contributed by atoms with Crippen molar-refractivity contribution in [2.75, 3.05) is 6.54 Å². The van der Waals surface area contributed by atoms with Gasteiger partial charge in [0.05, 0.1) is 16.8 Å². The van der Waals surface area contributed by atoms with Gasteiger partial charge in [-0.2, -0.15) is 13.4 Å². The van der Waals surface area contributed by atoms with Crippen molar-refractivity contribution in [2.45, 2.75) is 18.2 Å². The molecule has 46 heavy (non-hydrogen) atoms. The molecule has 12 nitrogen and oxygen atoms in total. The molecule has 0 aromatic heterocycles. The number of carbonyl (C=O) groups is 4. The lowest BCUT2D eigenvalue weighted by atomic mass is 9.63. The van der Waals surface area contributed by atoms with Gasteiger partial charge in [0.1, 0.15) is 17.2 Å². The molecule has 1 saturated heterocycles. The summed E-state index contributed by atoms with van der Waals surface area (Å²) < 4.78 is 30.6. The van der Waals surface area contributed by atoms with E-state index in [1.807, 2.05) is 19.1 Å². The van der Waals surface area contributed by atoms with Crippen LogP contribution in [0, 0.1) is 52.5 Å². The molecule has 2 bridgehead atoms. The molecule has 6 atom stereocenters. The number of non-ortho nitro benzene ring substituents is 1. The van der Waals surface area contributed by atoms with Crippen LogP contribution in [0.1, 0.15) is 32.7 Å². The van der Waals surface area contributed by atoms with Gasteiger partial charge < -0.3 is 4.18 Å². The smallest absolute Gasteiger partial charge is 0.339 e. The first-order chi connectivity index (χ1) is 21.9. The summed E-state index contributed by atoms with van der Waals surface area (Å²) in [6.07, 6.45) is 4.93. The third-order valence-electron chi connectivity index (χ3n) is 9.43. The molecule has 3 aromatic rings. The number of Topliss-reactive ketones (excluding diaryl/α,β-unsaturated/α-hetero) is 1. The first-order valence-electron chi connectivity index (χ1n) is 14.7. The normalized spacial score (nSPS) is 25.5. The lowest BCUT2D eigenvalue weighted by Crippen LogP contribution is -2.52. The number of rotatable bonds is 9. The number of nitro groups is 1. The van der Waals surface area contributed by atoms with Gasteiger partial charge in [-0.25, -0.2) is 5.01 Å². The number of imide groups is 1. The highest BCUT2D eigenvalue weighted by Gasteiger charge is 2.68. The number of hydrogen-bond donors (Lipinski definition) is 0. The van der Waals surface area contributed by atoms with E-state index < -0.39 is 56.9 Å². The monoisotopic (exact) mass is 641 g/mol. The fourth-order valence-corrected chi connectivity index (χ4v) is 8.02. The van der Waals surface area contributed by atoms with Crippen molar-refractivity contribution in [2.24, 2.45) is 35.5 Å². The Morgan fingerprint density at radius 2 is 1.41 bits per heavy atom. The van der Waals surface area contributed by atoms with Crippen molar-refractivity contribution in [3.63, 3.8) is 0 Å². The second kappa shape index (κ2) is 10.7. The third kappa shape index (κ3) is 4.87. The average molecular weight is 642 g/mol. The Morgan fingerprint density at radius 1 is 0.870 bits per heavy atom. The lowest BCUT2D eigenvalue weighted by Gasteiger charge is -2.37. The Bertz CT molecular complexity index is 1900. The Morgan fingerprint density at radius 3 is 1.96 bits per heavy atom. The van der Waals surface area contributed by atoms with Crippen LogP contribution in [0.25, 0.3) is 0 Å². The molecule has 4 aliphatic carbocycles. The maximum atomic E-state index is 13.9. The van der Waals surface area contributed by atoms with Gasteiger partial charge in [0, 0.05) is 23.3 Å². The molecule has 3 fully saturated rings. The summed E-state index contributed by atoms with van der Waals surface area (Å²) in [5.41, 5.74) is 0.635. The molecule has 234 valence electrons. The van der Waals surface area contributed by atoms with Crippen LogP contribution in [0.3, 0.4) is 0 Å². The van der Waals surface area contributed by atoms with Gasteiger partial charge in [0.25, 0.3) is 23.4 Å². The number of hydrogen-bond acceptors (Lipinski definition) is 9. The lowest BCUT2D eigenvalue weighted by molar-refractivity contribution is -0.384. The van der Waals surface area contributed by atoms with Crippen molar-refractivity contribution in [1.82, 2.24) is 10.0 Å². The second-order valence-electron chi connectivity index (χ2n) is 12.1. The summed E-state index contributed by atoms with van der Waals surface area (Å²) in [7, 11) is -4.14. The number of benzene rings is 3. The molecular formula is C33H27N3O9S. The molecule has 0 unspecified atom stereocenters. The molecule has 13 heteroatoms. The molecule has 1 heterocycles. The molecule has 1 aliphatic heterocycles. The zero-order valence-electron chi connectivity index (χ0n) is 24.4. The fourth-order valence-electron chi connectivity index (χ4n) is 7.09. The minimum Gasteiger partial charge on any atom is -0.379 e. The summed E-state index contributed by atoms with van der Waals surface area (Å²) in [4.78, 5) is 65.6. The standard InChI is InChI=1S/C33H27N3O9S/c1-18-2-12-23(13-3-18)46(43,44)45-22-10-6-19(7-11-22)28(37)17-34(31(38)20-4-8-21(9-5-20)36(41)42)35-32(39)29-24-14-15-25(27-16-26(24)27)30(29)33(35)40/h2-15,24-27,29-30H,16-17H2,1H3/t24-,25-,26-,27-,29+,30+/m0/s1. The minimum atomic E-state index is -4.14. The number of ketones is 1. The zero-order valence-corrected chi connectivity index (χ0v) is 25.2. The molecule has 8 rings (SSSR count). The van der Waals surface area contributed by atoms with E-state index in [1.54, 1.807) is 12.1 Å². The SMILES string of the molecule is Cc1ccc(S(=O)(=O)Oc2ccc(C(=O)CN(C(=O)c3ccc([N+](=O)[O-])cc3)N3C(=O)[C@@H]4[C@H]5C=C[C@@H]([C@@H]6C[C@@H]56)[C@H]4C3=O)cc2)cc1. The number of amides is 3. The fraction of sp³-hybridized carbons (Fsp3) is 0.273. The Balaban J connectivity index is 1.15. The maximum absolute atomic E-state index is 13.9. The minimum absolute atomic E-state index is 0.0416. The highest BCUT2D eigenvalue weighted by Crippen LogP contribution is 2.65. The Kier molecular flexibility index (Phi) is 6.89. The van der Waals surface area contributed by atoms with Gasteiger partial charge in [-0.05, 0) is 85.5 Å². The van der Waals surface area contributed by atoms with Crippen molar-refractivity contribution >= 4 is 39.3 Å². The van der Waals surface area contributed by atoms with E-state index in [9.17, 15) is 37.7 Å². The predicted molar refractivity (Wildman–Crippen MR) is 160 cm³/mol. The first-order valence-corrected chi connectivity index (χ1v) is 16.1. The summed E-state index contributed by atoms with van der Waals surface area (Å²) in [5, 5.41) is 12.8. The van der Waals surface area contributed by atoms with Crippen LogP contribution in [-0.2, 0) is 19.7 Å². The van der Waals surface area contributed by atoms with E-state index in [4.69, 9.17) is 4.18 Å². The third-order valence-corrected chi connectivity index (χ3v) is 10.7. The van der Waals surface area contributed by atoms with E-state index in [1.165, 1.54) is 48.5 Å². The molecule has 3 aromatic carbocycles. The van der Waals surface area contributed by atoms with Crippen LogP contribution >= 0.6 is 0 Å². The van der Waals surface area contributed by atoms with Crippen LogP contribution in [0.15, 0.2) is 89.8 Å². The number of nitro benzene ring substituents is 1. The van der Waals surface area contributed by atoms with Crippen molar-refractivity contribution < 1.29 is 36.7 Å². The van der Waals surface area contributed by atoms with Gasteiger partial charge in [0.2, 0.25) is 0 Å². The topological polar surface area (TPSA) is 161 Å². The van der Waals surface area contributed by atoms with Crippen molar-refractivity contribution in [1.29, 1.82) is 0 Å². The van der Waals surface area contributed by atoms with E-state index in [2.05, 4.69) is 0 Å². The van der Waals surface area contributed by atoms with Gasteiger partial charge in [0.15, 0.2) is 5.78 Å². The highest BCUT2D eigenvalue weighted by atomic mass is 32.2. The van der Waals surface area contributed by atoms with E-state index in [-0.39, 0.29) is 39.3 Å². The van der Waals surface area contributed by atoms with E-state index in [0.717, 1.165) is 34.1 Å². The molecule has 0 N–H and O–H groups in total. The van der Waals surface area contributed by atoms with Crippen LogP contribution in [0.2, 0.25) is 0 Å². The molecule has 2 saturated carbocycles. The summed E-state index contributed by atoms with van der Waals surface area (Å²) in [6.45, 7) is 1.13. The van der Waals surface area contributed by atoms with Crippen LogP contribution in [0.4, 0.5) is 5.69 Å². The zero-order chi connectivity index (χ0) is 32.5. The number of nitrogens with zero attached hydrogens (tertiary/aromatic N) is 3. The van der Waals surface area contributed by atoms with Crippen LogP contribution in [0.5, 0.6) is 5.75 Å². The molecular weight excluding hydrogens is 614 g/mol. The maximum Gasteiger partial charge on any atom is 0.339 e. The number of allylic oxidation sites excluding steroid dienone is 2. The summed E-state index contributed by atoms with van der Waals surface area (Å²) >= 11 is 0. The number of hydrazine groups is 1. The van der Waals surface area contributed by atoms with Gasteiger partial charge in [-0.15, -0.1) is 0 Å². The molecule has 0 radical (unpaired) electrons. The largest absolute Gasteiger partial charge is 0.379 e. The molecule has 5 aliphatic rings. The van der Waals surface area contributed by atoms with E-state index in [0.29, 0.717) is 11.8 Å². The molecule has 0 spiro atoms. The van der Waals surface area contributed by atoms with Crippen molar-refractivity contribution in [3.05, 3.63) is 112 Å². The second-order valence-corrected chi connectivity index (χ2v) is 13.7. The average Bonchev–Trinajstić information content (AvgIpc) is 3.83. The Labute approximate surface area is 263 Å². The van der Waals surface area contributed by atoms with Gasteiger partial charge in [-0.3, -0.25) is 29.3 Å². The summed E-state index contributed by atoms with van der Waals surface area (Å²) in [5.74, 6) is -3.46. The summed E-state index contributed by atoms with van der Waals surface area (Å²) in [6, 6.07) is 16.0. The van der Waals surface area contributed by atoms with Gasteiger partial charge >= 0.3 is 10.1 Å². The number of aryl methyl sites for hydroxylation is 1. The quantitative estimate of drug-likeness (QED) is 0.0841.